The number of rotatable bonds is 6. The molecule has 0 aliphatic rings. The van der Waals surface area contributed by atoms with E-state index in [-0.39, 0.29) is 33.8 Å². The lowest BCUT2D eigenvalue weighted by Crippen LogP contribution is -2.16. The molecule has 0 saturated heterocycles. The summed E-state index contributed by atoms with van der Waals surface area (Å²) in [5, 5.41) is 2.91. The Hall–Kier alpha value is -2.90. The summed E-state index contributed by atoms with van der Waals surface area (Å²) in [7, 11) is -3.89. The van der Waals surface area contributed by atoms with Crippen LogP contribution in [0.2, 0.25) is 5.02 Å². The number of carbonyl (C=O) groups is 1. The largest absolute Gasteiger partial charge is 0.326 e. The Bertz CT molecular complexity index is 1100. The van der Waals surface area contributed by atoms with Crippen LogP contribution in [0.25, 0.3) is 0 Å². The molecule has 144 valence electrons. The first-order valence-electron chi connectivity index (χ1n) is 8.25. The van der Waals surface area contributed by atoms with Gasteiger partial charge in [-0.25, -0.2) is 12.8 Å². The van der Waals surface area contributed by atoms with Gasteiger partial charge >= 0.3 is 0 Å². The Morgan fingerprint density at radius 1 is 0.964 bits per heavy atom. The fraction of sp³-hybridized carbons (Fsp3) is 0.0500. The van der Waals surface area contributed by atoms with Crippen LogP contribution < -0.4 is 10.0 Å². The second-order valence-electron chi connectivity index (χ2n) is 5.96. The first kappa shape index (κ1) is 19.9. The lowest BCUT2D eigenvalue weighted by Gasteiger charge is -2.11. The van der Waals surface area contributed by atoms with Crippen molar-refractivity contribution in [2.45, 2.75) is 11.3 Å². The van der Waals surface area contributed by atoms with Gasteiger partial charge in [0.05, 0.1) is 22.0 Å². The predicted molar refractivity (Wildman–Crippen MR) is 107 cm³/mol. The molecule has 0 saturated carbocycles. The van der Waals surface area contributed by atoms with Gasteiger partial charge in [-0.2, -0.15) is 0 Å². The van der Waals surface area contributed by atoms with Crippen LogP contribution in [0.15, 0.2) is 77.7 Å². The molecule has 28 heavy (non-hydrogen) atoms. The number of carbonyl (C=O) groups excluding carboxylic acids is 1. The minimum Gasteiger partial charge on any atom is -0.326 e. The topological polar surface area (TPSA) is 75.3 Å². The Kier molecular flexibility index (Phi) is 5.96. The number of sulfonamides is 1. The first-order chi connectivity index (χ1) is 13.3. The van der Waals surface area contributed by atoms with Crippen molar-refractivity contribution in [2.75, 3.05) is 10.0 Å². The number of nitrogens with one attached hydrogen (secondary N) is 2. The molecule has 8 heteroatoms. The summed E-state index contributed by atoms with van der Waals surface area (Å²) in [5.41, 5.74) is 1.23. The van der Waals surface area contributed by atoms with Crippen LogP contribution in [0, 0.1) is 5.82 Å². The summed E-state index contributed by atoms with van der Waals surface area (Å²) in [4.78, 5) is 12.2. The second-order valence-corrected chi connectivity index (χ2v) is 8.05. The highest BCUT2D eigenvalue weighted by molar-refractivity contribution is 7.92. The van der Waals surface area contributed by atoms with Crippen molar-refractivity contribution in [3.63, 3.8) is 0 Å². The molecule has 0 heterocycles. The lowest BCUT2D eigenvalue weighted by molar-refractivity contribution is -0.115. The van der Waals surface area contributed by atoms with Crippen LogP contribution in [0.3, 0.4) is 0 Å². The average Bonchev–Trinajstić information content (AvgIpc) is 2.65. The summed E-state index contributed by atoms with van der Waals surface area (Å²) in [6.45, 7) is 0. The van der Waals surface area contributed by atoms with Gasteiger partial charge in [0.1, 0.15) is 5.82 Å². The molecule has 2 N–H and O–H groups in total. The standard InChI is InChI=1S/C20H16ClFN2O3S/c21-18-6-1-2-7-19(18)24-28(26,27)17-5-3-4-16(13-17)23-20(25)12-14-8-10-15(22)11-9-14/h1-11,13,24H,12H2,(H,23,25). The summed E-state index contributed by atoms with van der Waals surface area (Å²) < 4.78 is 40.6. The van der Waals surface area contributed by atoms with Gasteiger partial charge in [-0.05, 0) is 48.0 Å². The second kappa shape index (κ2) is 8.41. The molecule has 0 fully saturated rings. The fourth-order valence-corrected chi connectivity index (χ4v) is 3.85. The van der Waals surface area contributed by atoms with E-state index in [9.17, 15) is 17.6 Å². The van der Waals surface area contributed by atoms with Gasteiger partial charge in [0.15, 0.2) is 0 Å². The number of anilines is 2. The van der Waals surface area contributed by atoms with E-state index in [1.165, 1.54) is 42.5 Å². The molecular formula is C20H16ClFN2O3S. The smallest absolute Gasteiger partial charge is 0.262 e. The van der Waals surface area contributed by atoms with Crippen molar-refractivity contribution in [2.24, 2.45) is 0 Å². The summed E-state index contributed by atoms with van der Waals surface area (Å²) >= 11 is 6.00. The van der Waals surface area contributed by atoms with E-state index < -0.39 is 10.0 Å². The zero-order valence-corrected chi connectivity index (χ0v) is 16.1. The minimum absolute atomic E-state index is 0.0213. The molecule has 5 nitrogen and oxygen atoms in total. The van der Waals surface area contributed by atoms with Crippen LogP contribution in [0.1, 0.15) is 5.56 Å². The number of amides is 1. The Balaban J connectivity index is 1.73. The molecule has 3 rings (SSSR count). The Morgan fingerprint density at radius 2 is 1.68 bits per heavy atom. The van der Waals surface area contributed by atoms with E-state index >= 15 is 0 Å². The van der Waals surface area contributed by atoms with Crippen LogP contribution in [-0.4, -0.2) is 14.3 Å². The van der Waals surface area contributed by atoms with Crippen LogP contribution in [0.5, 0.6) is 0 Å². The summed E-state index contributed by atoms with van der Waals surface area (Å²) in [6.07, 6.45) is 0.0368. The van der Waals surface area contributed by atoms with E-state index in [2.05, 4.69) is 10.0 Å². The fourth-order valence-electron chi connectivity index (χ4n) is 2.48. The molecule has 0 atom stereocenters. The van der Waals surface area contributed by atoms with Crippen molar-refractivity contribution >= 4 is 38.9 Å². The van der Waals surface area contributed by atoms with Gasteiger partial charge in [0, 0.05) is 5.69 Å². The normalized spacial score (nSPS) is 11.1. The molecule has 0 aliphatic carbocycles. The van der Waals surface area contributed by atoms with E-state index in [1.54, 1.807) is 30.3 Å². The maximum Gasteiger partial charge on any atom is 0.262 e. The van der Waals surface area contributed by atoms with Crippen molar-refractivity contribution in [1.29, 1.82) is 0 Å². The maximum absolute atomic E-state index is 12.9. The predicted octanol–water partition coefficient (Wildman–Crippen LogP) is 4.46. The zero-order valence-electron chi connectivity index (χ0n) is 14.5. The Morgan fingerprint density at radius 3 is 2.39 bits per heavy atom. The summed E-state index contributed by atoms with van der Waals surface area (Å²) in [5.74, 6) is -0.728. The zero-order chi connectivity index (χ0) is 20.1. The molecule has 0 bridgehead atoms. The monoisotopic (exact) mass is 418 g/mol. The highest BCUT2D eigenvalue weighted by Gasteiger charge is 2.16. The molecule has 0 aliphatic heterocycles. The third-order valence-corrected chi connectivity index (χ3v) is 5.52. The van der Waals surface area contributed by atoms with Crippen molar-refractivity contribution in [1.82, 2.24) is 0 Å². The molecular weight excluding hydrogens is 403 g/mol. The average molecular weight is 419 g/mol. The minimum atomic E-state index is -3.89. The Labute approximate surface area is 167 Å². The van der Waals surface area contributed by atoms with Crippen molar-refractivity contribution < 1.29 is 17.6 Å². The highest BCUT2D eigenvalue weighted by Crippen LogP contribution is 2.25. The first-order valence-corrected chi connectivity index (χ1v) is 10.1. The molecule has 0 radical (unpaired) electrons. The van der Waals surface area contributed by atoms with E-state index in [1.807, 2.05) is 0 Å². The van der Waals surface area contributed by atoms with Gasteiger partial charge in [-0.15, -0.1) is 0 Å². The lowest BCUT2D eigenvalue weighted by atomic mass is 10.1. The number of hydrogen-bond donors (Lipinski definition) is 2. The molecule has 1 amide bonds. The van der Waals surface area contributed by atoms with Crippen LogP contribution >= 0.6 is 11.6 Å². The van der Waals surface area contributed by atoms with E-state index in [0.717, 1.165) is 0 Å². The van der Waals surface area contributed by atoms with Gasteiger partial charge in [-0.1, -0.05) is 41.9 Å². The van der Waals surface area contributed by atoms with Crippen molar-refractivity contribution in [3.8, 4) is 0 Å². The molecule has 0 aromatic heterocycles. The summed E-state index contributed by atoms with van der Waals surface area (Å²) in [6, 6.07) is 17.9. The molecule has 0 unspecified atom stereocenters. The number of benzene rings is 3. The maximum atomic E-state index is 12.9. The number of para-hydroxylation sites is 1. The number of hydrogen-bond acceptors (Lipinski definition) is 3. The number of halogens is 2. The van der Waals surface area contributed by atoms with E-state index in [4.69, 9.17) is 11.6 Å². The molecule has 3 aromatic carbocycles. The van der Waals surface area contributed by atoms with E-state index in [0.29, 0.717) is 11.3 Å². The SMILES string of the molecule is O=C(Cc1ccc(F)cc1)Nc1cccc(S(=O)(=O)Nc2ccccc2Cl)c1. The van der Waals surface area contributed by atoms with Gasteiger partial charge in [-0.3, -0.25) is 9.52 Å². The quantitative estimate of drug-likeness (QED) is 0.620. The van der Waals surface area contributed by atoms with Gasteiger partial charge < -0.3 is 5.32 Å². The van der Waals surface area contributed by atoms with Crippen LogP contribution in [0.4, 0.5) is 15.8 Å². The van der Waals surface area contributed by atoms with Crippen molar-refractivity contribution in [3.05, 3.63) is 89.2 Å². The highest BCUT2D eigenvalue weighted by atomic mass is 35.5. The van der Waals surface area contributed by atoms with Gasteiger partial charge in [0.25, 0.3) is 10.0 Å². The van der Waals surface area contributed by atoms with Crippen LogP contribution in [-0.2, 0) is 21.2 Å². The molecule has 0 spiro atoms. The third kappa shape index (κ3) is 5.09. The molecule has 3 aromatic rings. The third-order valence-electron chi connectivity index (χ3n) is 3.82. The van der Waals surface area contributed by atoms with Gasteiger partial charge in [0.2, 0.25) is 5.91 Å².